The number of ether oxygens (including phenoxy) is 2. The summed E-state index contributed by atoms with van der Waals surface area (Å²) >= 11 is 5.20. The number of hydrogen-bond acceptors (Lipinski definition) is 4. The third-order valence-electron chi connectivity index (χ3n) is 3.38. The maximum Gasteiger partial charge on any atom is 0.269 e. The van der Waals surface area contributed by atoms with Gasteiger partial charge in [-0.15, -0.1) is 0 Å². The van der Waals surface area contributed by atoms with Crippen LogP contribution in [0, 0.1) is 13.8 Å². The first-order valence-electron chi connectivity index (χ1n) is 7.60. The fraction of sp³-hybridized carbons (Fsp3) is 0.222. The van der Waals surface area contributed by atoms with Gasteiger partial charge >= 0.3 is 0 Å². The van der Waals surface area contributed by atoms with Crippen LogP contribution < -0.4 is 25.6 Å². The van der Waals surface area contributed by atoms with E-state index < -0.39 is 0 Å². The third kappa shape index (κ3) is 5.36. The Hall–Kier alpha value is -2.80. The van der Waals surface area contributed by atoms with Crippen molar-refractivity contribution >= 4 is 28.9 Å². The molecule has 0 saturated carbocycles. The molecular formula is C18H21N3O3S. The Labute approximate surface area is 152 Å². The summed E-state index contributed by atoms with van der Waals surface area (Å²) in [4.78, 5) is 12.3. The van der Waals surface area contributed by atoms with E-state index in [1.165, 1.54) is 14.2 Å². The Morgan fingerprint density at radius 3 is 1.96 bits per heavy atom. The molecule has 0 aliphatic heterocycles. The Morgan fingerprint density at radius 2 is 1.44 bits per heavy atom. The van der Waals surface area contributed by atoms with E-state index >= 15 is 0 Å². The molecule has 0 aliphatic rings. The van der Waals surface area contributed by atoms with Crippen LogP contribution in [0.5, 0.6) is 11.5 Å². The molecule has 25 heavy (non-hydrogen) atoms. The lowest BCUT2D eigenvalue weighted by atomic mass is 10.1. The molecule has 0 aromatic heterocycles. The second kappa shape index (κ2) is 8.34. The summed E-state index contributed by atoms with van der Waals surface area (Å²) in [6, 6.07) is 10.9. The maximum absolute atomic E-state index is 12.3. The molecule has 6 nitrogen and oxygen atoms in total. The minimum absolute atomic E-state index is 0.285. The van der Waals surface area contributed by atoms with Gasteiger partial charge < -0.3 is 14.8 Å². The Bertz CT molecular complexity index is 751. The molecule has 2 rings (SSSR count). The quantitative estimate of drug-likeness (QED) is 0.576. The molecule has 2 aromatic rings. The minimum Gasteiger partial charge on any atom is -0.497 e. The number of amides is 1. The highest BCUT2D eigenvalue weighted by molar-refractivity contribution is 7.80. The number of hydrogen-bond donors (Lipinski definition) is 3. The van der Waals surface area contributed by atoms with Gasteiger partial charge in [-0.1, -0.05) is 6.07 Å². The predicted octanol–water partition coefficient (Wildman–Crippen LogP) is 2.95. The molecule has 0 radical (unpaired) electrons. The number of rotatable bonds is 4. The van der Waals surface area contributed by atoms with E-state index in [0.717, 1.165) is 16.8 Å². The van der Waals surface area contributed by atoms with E-state index in [0.29, 0.717) is 17.1 Å². The van der Waals surface area contributed by atoms with E-state index in [9.17, 15) is 4.79 Å². The molecular weight excluding hydrogens is 338 g/mol. The van der Waals surface area contributed by atoms with Crippen molar-refractivity contribution in [2.75, 3.05) is 19.5 Å². The number of anilines is 1. The van der Waals surface area contributed by atoms with Gasteiger partial charge in [0.15, 0.2) is 5.11 Å². The average molecular weight is 359 g/mol. The number of hydrazine groups is 1. The molecule has 0 spiro atoms. The zero-order chi connectivity index (χ0) is 18.4. The number of thiocarbonyl (C=S) groups is 1. The summed E-state index contributed by atoms with van der Waals surface area (Å²) in [5, 5.41) is 3.32. The van der Waals surface area contributed by atoms with Crippen molar-refractivity contribution in [3.63, 3.8) is 0 Å². The maximum atomic E-state index is 12.3. The van der Waals surface area contributed by atoms with Crippen molar-refractivity contribution in [1.29, 1.82) is 0 Å². The fourth-order valence-corrected chi connectivity index (χ4v) is 2.50. The van der Waals surface area contributed by atoms with Crippen LogP contribution in [-0.4, -0.2) is 25.2 Å². The summed E-state index contributed by atoms with van der Waals surface area (Å²) in [6.45, 7) is 4.01. The molecule has 7 heteroatoms. The molecule has 0 fully saturated rings. The monoisotopic (exact) mass is 359 g/mol. The first kappa shape index (κ1) is 18.5. The summed E-state index contributed by atoms with van der Waals surface area (Å²) in [5.41, 5.74) is 8.72. The van der Waals surface area contributed by atoms with Gasteiger partial charge in [-0.2, -0.15) is 0 Å². The highest BCUT2D eigenvalue weighted by Crippen LogP contribution is 2.22. The molecule has 0 aliphatic carbocycles. The van der Waals surface area contributed by atoms with Gasteiger partial charge in [-0.25, -0.2) is 0 Å². The van der Waals surface area contributed by atoms with Gasteiger partial charge in [0.05, 0.1) is 14.2 Å². The molecule has 0 unspecified atom stereocenters. The molecule has 0 heterocycles. The van der Waals surface area contributed by atoms with E-state index in [1.807, 2.05) is 26.0 Å². The predicted molar refractivity (Wildman–Crippen MR) is 102 cm³/mol. The average Bonchev–Trinajstić information content (AvgIpc) is 2.58. The van der Waals surface area contributed by atoms with Crippen molar-refractivity contribution in [1.82, 2.24) is 10.9 Å². The zero-order valence-electron chi connectivity index (χ0n) is 14.6. The van der Waals surface area contributed by atoms with Crippen molar-refractivity contribution in [3.8, 4) is 11.5 Å². The molecule has 0 atom stereocenters. The van der Waals surface area contributed by atoms with Crippen LogP contribution in [-0.2, 0) is 0 Å². The standard InChI is InChI=1S/C18H21N3O3S/c1-11-5-12(2)7-14(6-11)19-18(25)21-20-17(22)13-8-15(23-3)10-16(9-13)24-4/h5-10H,1-4H3,(H,20,22)(H2,19,21,25). The lowest BCUT2D eigenvalue weighted by Crippen LogP contribution is -2.43. The summed E-state index contributed by atoms with van der Waals surface area (Å²) in [6.07, 6.45) is 0. The number of aryl methyl sites for hydroxylation is 2. The second-order valence-electron chi connectivity index (χ2n) is 5.51. The Balaban J connectivity index is 1.98. The first-order chi connectivity index (χ1) is 11.9. The van der Waals surface area contributed by atoms with Crippen molar-refractivity contribution in [2.24, 2.45) is 0 Å². The number of carbonyl (C=O) groups is 1. The first-order valence-corrected chi connectivity index (χ1v) is 8.01. The third-order valence-corrected chi connectivity index (χ3v) is 3.59. The van der Waals surface area contributed by atoms with Gasteiger partial charge in [0, 0.05) is 17.3 Å². The van der Waals surface area contributed by atoms with Crippen molar-refractivity contribution < 1.29 is 14.3 Å². The number of benzene rings is 2. The smallest absolute Gasteiger partial charge is 0.269 e. The number of carbonyl (C=O) groups excluding carboxylic acids is 1. The normalized spacial score (nSPS) is 9.92. The van der Waals surface area contributed by atoms with E-state index in [2.05, 4.69) is 22.2 Å². The highest BCUT2D eigenvalue weighted by Gasteiger charge is 2.10. The second-order valence-corrected chi connectivity index (χ2v) is 5.92. The van der Waals surface area contributed by atoms with E-state index in [4.69, 9.17) is 21.7 Å². The van der Waals surface area contributed by atoms with Crippen LogP contribution in [0.2, 0.25) is 0 Å². The Morgan fingerprint density at radius 1 is 0.880 bits per heavy atom. The van der Waals surface area contributed by atoms with Crippen LogP contribution in [0.15, 0.2) is 36.4 Å². The van der Waals surface area contributed by atoms with Gasteiger partial charge in [-0.05, 0) is 61.5 Å². The summed E-state index contributed by atoms with van der Waals surface area (Å²) < 4.78 is 10.3. The SMILES string of the molecule is COc1cc(OC)cc(C(=O)NNC(=S)Nc2cc(C)cc(C)c2)c1. The van der Waals surface area contributed by atoms with E-state index in [-0.39, 0.29) is 11.0 Å². The molecule has 132 valence electrons. The molecule has 0 saturated heterocycles. The van der Waals surface area contributed by atoms with Gasteiger partial charge in [0.1, 0.15) is 11.5 Å². The topological polar surface area (TPSA) is 71.6 Å². The van der Waals surface area contributed by atoms with Crippen molar-refractivity contribution in [3.05, 3.63) is 53.1 Å². The van der Waals surface area contributed by atoms with Crippen LogP contribution in [0.1, 0.15) is 21.5 Å². The van der Waals surface area contributed by atoms with Crippen LogP contribution in [0.4, 0.5) is 5.69 Å². The summed E-state index contributed by atoms with van der Waals surface area (Å²) in [5.74, 6) is 0.697. The molecule has 0 bridgehead atoms. The lowest BCUT2D eigenvalue weighted by Gasteiger charge is -2.13. The summed E-state index contributed by atoms with van der Waals surface area (Å²) in [7, 11) is 3.05. The van der Waals surface area contributed by atoms with Crippen LogP contribution >= 0.6 is 12.2 Å². The molecule has 2 aromatic carbocycles. The largest absolute Gasteiger partial charge is 0.497 e. The van der Waals surface area contributed by atoms with Crippen LogP contribution in [0.25, 0.3) is 0 Å². The number of methoxy groups -OCH3 is 2. The minimum atomic E-state index is -0.359. The van der Waals surface area contributed by atoms with Gasteiger partial charge in [0.25, 0.3) is 5.91 Å². The van der Waals surface area contributed by atoms with E-state index in [1.54, 1.807) is 18.2 Å². The van der Waals surface area contributed by atoms with Gasteiger partial charge in [-0.3, -0.25) is 15.6 Å². The molecule has 1 amide bonds. The lowest BCUT2D eigenvalue weighted by molar-refractivity contribution is 0.0943. The number of nitrogens with one attached hydrogen (secondary N) is 3. The molecule has 3 N–H and O–H groups in total. The zero-order valence-corrected chi connectivity index (χ0v) is 15.4. The van der Waals surface area contributed by atoms with Gasteiger partial charge in [0.2, 0.25) is 0 Å². The fourth-order valence-electron chi connectivity index (χ4n) is 2.33. The Kier molecular flexibility index (Phi) is 6.19. The van der Waals surface area contributed by atoms with Crippen LogP contribution in [0.3, 0.4) is 0 Å². The van der Waals surface area contributed by atoms with Crippen molar-refractivity contribution in [2.45, 2.75) is 13.8 Å². The highest BCUT2D eigenvalue weighted by atomic mass is 32.1.